The van der Waals surface area contributed by atoms with Gasteiger partial charge in [0.15, 0.2) is 0 Å². The number of sulfonamides is 1. The van der Waals surface area contributed by atoms with Gasteiger partial charge in [-0.3, -0.25) is 9.67 Å². The molecule has 1 aliphatic heterocycles. The molecule has 1 fully saturated rings. The van der Waals surface area contributed by atoms with Crippen LogP contribution in [-0.2, 0) is 17.1 Å². The maximum atomic E-state index is 12.7. The Kier molecular flexibility index (Phi) is 4.86. The monoisotopic (exact) mass is 350 g/mol. The van der Waals surface area contributed by atoms with Crippen molar-refractivity contribution in [1.29, 1.82) is 0 Å². The van der Waals surface area contributed by atoms with Gasteiger partial charge in [0, 0.05) is 50.2 Å². The van der Waals surface area contributed by atoms with E-state index in [0.717, 1.165) is 24.3 Å². The van der Waals surface area contributed by atoms with Crippen LogP contribution < -0.4 is 4.74 Å². The van der Waals surface area contributed by atoms with Crippen LogP contribution in [0.1, 0.15) is 18.5 Å². The zero-order valence-electron chi connectivity index (χ0n) is 13.9. The Morgan fingerprint density at radius 3 is 2.96 bits per heavy atom. The summed E-state index contributed by atoms with van der Waals surface area (Å²) >= 11 is 0. The Labute approximate surface area is 142 Å². The minimum absolute atomic E-state index is 0.179. The van der Waals surface area contributed by atoms with Gasteiger partial charge in [0.05, 0.1) is 12.8 Å². The summed E-state index contributed by atoms with van der Waals surface area (Å²) < 4.78 is 34.2. The highest BCUT2D eigenvalue weighted by Gasteiger charge is 2.31. The van der Waals surface area contributed by atoms with Gasteiger partial charge in [0.25, 0.3) is 0 Å². The minimum Gasteiger partial charge on any atom is -0.493 e. The quantitative estimate of drug-likeness (QED) is 0.819. The molecule has 0 bridgehead atoms. The number of nitrogens with zero attached hydrogens (tertiary/aromatic N) is 4. The van der Waals surface area contributed by atoms with Gasteiger partial charge in [-0.05, 0) is 25.8 Å². The van der Waals surface area contributed by atoms with E-state index >= 15 is 0 Å². The molecule has 1 aliphatic rings. The fraction of sp³-hybridized carbons (Fsp3) is 0.500. The smallest absolute Gasteiger partial charge is 0.246 e. The Bertz CT molecular complexity index is 803. The van der Waals surface area contributed by atoms with Crippen LogP contribution in [0.25, 0.3) is 0 Å². The second-order valence-corrected chi connectivity index (χ2v) is 8.10. The highest BCUT2D eigenvalue weighted by Crippen LogP contribution is 2.24. The largest absolute Gasteiger partial charge is 0.493 e. The molecule has 24 heavy (non-hydrogen) atoms. The van der Waals surface area contributed by atoms with Gasteiger partial charge in [-0.2, -0.15) is 9.40 Å². The van der Waals surface area contributed by atoms with Gasteiger partial charge in [0.1, 0.15) is 10.6 Å². The summed E-state index contributed by atoms with van der Waals surface area (Å²) in [4.78, 5) is 4.39. The van der Waals surface area contributed by atoms with E-state index in [2.05, 4.69) is 10.1 Å². The molecular formula is C16H22N4O3S. The lowest BCUT2D eigenvalue weighted by Crippen LogP contribution is -2.41. The Balaban J connectivity index is 1.64. The first-order valence-electron chi connectivity index (χ1n) is 7.99. The third-order valence-corrected chi connectivity index (χ3v) is 5.97. The first-order valence-corrected chi connectivity index (χ1v) is 9.43. The molecule has 8 heteroatoms. The van der Waals surface area contributed by atoms with E-state index in [4.69, 9.17) is 4.74 Å². The molecule has 3 rings (SSSR count). The summed E-state index contributed by atoms with van der Waals surface area (Å²) in [6, 6.07) is 3.70. The van der Waals surface area contributed by atoms with Crippen LogP contribution in [-0.4, -0.2) is 47.2 Å². The summed E-state index contributed by atoms with van der Waals surface area (Å²) in [6.45, 7) is 3.43. The second kappa shape index (κ2) is 6.90. The molecule has 2 aromatic rings. The number of pyridine rings is 1. The Morgan fingerprint density at radius 1 is 1.42 bits per heavy atom. The summed E-state index contributed by atoms with van der Waals surface area (Å²) in [7, 11) is -1.77. The predicted molar refractivity (Wildman–Crippen MR) is 89.2 cm³/mol. The predicted octanol–water partition coefficient (Wildman–Crippen LogP) is 1.60. The molecule has 0 aromatic carbocycles. The van der Waals surface area contributed by atoms with E-state index in [1.807, 2.05) is 19.1 Å². The summed E-state index contributed by atoms with van der Waals surface area (Å²) in [6.07, 6.45) is 6.45. The molecule has 1 atom stereocenters. The van der Waals surface area contributed by atoms with E-state index in [-0.39, 0.29) is 10.8 Å². The van der Waals surface area contributed by atoms with E-state index < -0.39 is 10.0 Å². The Morgan fingerprint density at radius 2 is 2.25 bits per heavy atom. The van der Waals surface area contributed by atoms with Gasteiger partial charge in [-0.25, -0.2) is 8.42 Å². The average Bonchev–Trinajstić information content (AvgIpc) is 3.01. The number of aromatic nitrogens is 3. The molecule has 7 nitrogen and oxygen atoms in total. The van der Waals surface area contributed by atoms with Gasteiger partial charge >= 0.3 is 0 Å². The van der Waals surface area contributed by atoms with Gasteiger partial charge in [0.2, 0.25) is 10.0 Å². The molecule has 0 N–H and O–H groups in total. The highest BCUT2D eigenvalue weighted by molar-refractivity contribution is 7.89. The average molecular weight is 350 g/mol. The van der Waals surface area contributed by atoms with Crippen LogP contribution in [0, 0.1) is 12.8 Å². The molecule has 2 aromatic heterocycles. The lowest BCUT2D eigenvalue weighted by molar-refractivity contribution is 0.180. The SMILES string of the molecule is Cc1cc(OCC2CCCN(S(=O)(=O)c3cnn(C)c3)C2)ccn1. The minimum atomic E-state index is -3.48. The molecule has 3 heterocycles. The van der Waals surface area contributed by atoms with Crippen LogP contribution in [0.5, 0.6) is 5.75 Å². The molecule has 0 amide bonds. The van der Waals surface area contributed by atoms with Crippen molar-refractivity contribution < 1.29 is 13.2 Å². The van der Waals surface area contributed by atoms with Crippen molar-refractivity contribution in [2.45, 2.75) is 24.7 Å². The van der Waals surface area contributed by atoms with Crippen LogP contribution in [0.2, 0.25) is 0 Å². The fourth-order valence-electron chi connectivity index (χ4n) is 2.89. The van der Waals surface area contributed by atoms with Crippen LogP contribution in [0.15, 0.2) is 35.6 Å². The molecule has 0 aliphatic carbocycles. The van der Waals surface area contributed by atoms with Crippen molar-refractivity contribution in [3.05, 3.63) is 36.4 Å². The first-order chi connectivity index (χ1) is 11.4. The summed E-state index contributed by atoms with van der Waals surface area (Å²) in [5.41, 5.74) is 0.900. The molecule has 0 saturated carbocycles. The van der Waals surface area contributed by atoms with Gasteiger partial charge < -0.3 is 4.74 Å². The van der Waals surface area contributed by atoms with Crippen molar-refractivity contribution in [3.8, 4) is 5.75 Å². The zero-order chi connectivity index (χ0) is 17.2. The number of hydrogen-bond donors (Lipinski definition) is 0. The highest BCUT2D eigenvalue weighted by atomic mass is 32.2. The summed E-state index contributed by atoms with van der Waals surface area (Å²) in [5.74, 6) is 0.952. The fourth-order valence-corrected chi connectivity index (χ4v) is 4.43. The number of rotatable bonds is 5. The van der Waals surface area contributed by atoms with Gasteiger partial charge in [-0.1, -0.05) is 0 Å². The van der Waals surface area contributed by atoms with E-state index in [1.54, 1.807) is 17.5 Å². The van der Waals surface area contributed by atoms with E-state index in [0.29, 0.717) is 19.7 Å². The number of ether oxygens (including phenoxy) is 1. The van der Waals surface area contributed by atoms with Crippen LogP contribution in [0.3, 0.4) is 0 Å². The topological polar surface area (TPSA) is 77.3 Å². The Hall–Kier alpha value is -1.93. The maximum absolute atomic E-state index is 12.7. The number of piperidine rings is 1. The van der Waals surface area contributed by atoms with Crippen molar-refractivity contribution in [3.63, 3.8) is 0 Å². The standard InChI is InChI=1S/C16H22N4O3S/c1-13-8-15(5-6-17-13)23-12-14-4-3-7-20(10-14)24(21,22)16-9-18-19(2)11-16/h5-6,8-9,11,14H,3-4,7,10,12H2,1-2H3. The van der Waals surface area contributed by atoms with Crippen LogP contribution >= 0.6 is 0 Å². The third kappa shape index (κ3) is 3.76. The van der Waals surface area contributed by atoms with E-state index in [9.17, 15) is 8.42 Å². The zero-order valence-corrected chi connectivity index (χ0v) is 14.7. The lowest BCUT2D eigenvalue weighted by atomic mass is 10.0. The maximum Gasteiger partial charge on any atom is 0.246 e. The molecule has 0 spiro atoms. The van der Waals surface area contributed by atoms with E-state index in [1.165, 1.54) is 17.1 Å². The molecular weight excluding hydrogens is 328 g/mol. The molecule has 130 valence electrons. The van der Waals surface area contributed by atoms with Gasteiger partial charge in [-0.15, -0.1) is 0 Å². The normalized spacial score (nSPS) is 19.3. The molecule has 1 unspecified atom stereocenters. The third-order valence-electron chi connectivity index (χ3n) is 4.15. The van der Waals surface area contributed by atoms with Crippen molar-refractivity contribution in [2.24, 2.45) is 13.0 Å². The van der Waals surface area contributed by atoms with Crippen LogP contribution in [0.4, 0.5) is 0 Å². The molecule has 1 saturated heterocycles. The van der Waals surface area contributed by atoms with Crippen molar-refractivity contribution >= 4 is 10.0 Å². The lowest BCUT2D eigenvalue weighted by Gasteiger charge is -2.31. The first kappa shape index (κ1) is 16.9. The second-order valence-electron chi connectivity index (χ2n) is 6.16. The number of hydrogen-bond acceptors (Lipinski definition) is 5. The van der Waals surface area contributed by atoms with Crippen molar-refractivity contribution in [2.75, 3.05) is 19.7 Å². The van der Waals surface area contributed by atoms with Crippen molar-refractivity contribution in [1.82, 2.24) is 19.1 Å². The summed E-state index contributed by atoms with van der Waals surface area (Å²) in [5, 5.41) is 3.96. The molecule has 0 radical (unpaired) electrons. The number of aryl methyl sites for hydroxylation is 2.